The number of hydrogen-bond acceptors (Lipinski definition) is 6. The van der Waals surface area contributed by atoms with Crippen molar-refractivity contribution in [3.05, 3.63) is 47.8 Å². The molecular weight excluding hydrogens is 367 g/mol. The number of aliphatic hydroxyl groups is 1. The van der Waals surface area contributed by atoms with E-state index in [1.807, 2.05) is 0 Å². The summed E-state index contributed by atoms with van der Waals surface area (Å²) in [5, 5.41) is 14.2. The van der Waals surface area contributed by atoms with Crippen LogP contribution in [-0.2, 0) is 22.0 Å². The molecule has 6 nitrogen and oxygen atoms in total. The Bertz CT molecular complexity index is 792. The number of thioether (sulfide) groups is 1. The maximum atomic E-state index is 14.1. The largest absolute Gasteiger partial charge is 0.382 e. The van der Waals surface area contributed by atoms with Crippen LogP contribution in [0.1, 0.15) is 5.56 Å². The smallest absolute Gasteiger partial charge is 0.156 e. The van der Waals surface area contributed by atoms with Crippen molar-refractivity contribution in [1.29, 1.82) is 0 Å². The van der Waals surface area contributed by atoms with Crippen molar-refractivity contribution >= 4 is 21.6 Å². The van der Waals surface area contributed by atoms with Crippen LogP contribution in [0, 0.1) is 17.5 Å². The van der Waals surface area contributed by atoms with Crippen LogP contribution in [0.4, 0.5) is 13.2 Å². The van der Waals surface area contributed by atoms with Gasteiger partial charge >= 0.3 is 0 Å². The average Bonchev–Trinajstić information content (AvgIpc) is 2.88. The van der Waals surface area contributed by atoms with Gasteiger partial charge in [0.1, 0.15) is 35.7 Å². The first-order chi connectivity index (χ1) is 11.1. The van der Waals surface area contributed by atoms with Crippen LogP contribution in [0.2, 0.25) is 0 Å². The van der Waals surface area contributed by atoms with Gasteiger partial charge in [0.05, 0.1) is 17.2 Å². The Hall–Kier alpha value is -1.59. The lowest BCUT2D eigenvalue weighted by Crippen LogP contribution is -2.37. The van der Waals surface area contributed by atoms with Gasteiger partial charge in [-0.25, -0.2) is 31.3 Å². The maximum Gasteiger partial charge on any atom is 0.156 e. The molecule has 1 aromatic heterocycles. The molecule has 1 aromatic carbocycles. The highest BCUT2D eigenvalue weighted by molar-refractivity contribution is 8.12. The van der Waals surface area contributed by atoms with E-state index in [9.17, 15) is 26.7 Å². The Labute approximate surface area is 140 Å². The molecule has 1 heterocycles. The molecular formula is C13H14F3N3O3S2. The fourth-order valence-corrected chi connectivity index (χ4v) is 4.25. The SMILES string of the molecule is CS(=O)(=O)CSCC(O)(Cn1cncn1)c1c(F)cc(F)cc1F. The quantitative estimate of drug-likeness (QED) is 0.779. The third kappa shape index (κ3) is 4.71. The molecule has 24 heavy (non-hydrogen) atoms. The highest BCUT2D eigenvalue weighted by Crippen LogP contribution is 2.32. The molecule has 0 amide bonds. The Morgan fingerprint density at radius 2 is 1.92 bits per heavy atom. The van der Waals surface area contributed by atoms with Gasteiger partial charge < -0.3 is 5.11 Å². The predicted molar refractivity (Wildman–Crippen MR) is 82.4 cm³/mol. The van der Waals surface area contributed by atoms with Gasteiger partial charge in [-0.3, -0.25) is 0 Å². The third-order valence-corrected chi connectivity index (χ3v) is 6.06. The van der Waals surface area contributed by atoms with Crippen LogP contribution < -0.4 is 0 Å². The zero-order valence-corrected chi connectivity index (χ0v) is 14.1. The molecule has 132 valence electrons. The first kappa shape index (κ1) is 18.7. The molecule has 0 radical (unpaired) electrons. The highest BCUT2D eigenvalue weighted by Gasteiger charge is 2.37. The fourth-order valence-electron chi connectivity index (χ4n) is 2.13. The lowest BCUT2D eigenvalue weighted by Gasteiger charge is -2.29. The topological polar surface area (TPSA) is 85.1 Å². The molecule has 0 saturated heterocycles. The van der Waals surface area contributed by atoms with Gasteiger partial charge in [0.25, 0.3) is 0 Å². The van der Waals surface area contributed by atoms with Crippen LogP contribution in [0.5, 0.6) is 0 Å². The molecule has 0 spiro atoms. The molecule has 2 rings (SSSR count). The number of rotatable bonds is 7. The standard InChI is InChI=1S/C13H14F3N3O3S2/c1-24(21,22)8-23-5-13(20,4-19-7-17-6-18-19)12-10(15)2-9(14)3-11(12)16/h2-3,6-7,20H,4-5,8H2,1H3. The molecule has 1 N–H and O–H groups in total. The van der Waals surface area contributed by atoms with E-state index in [0.717, 1.165) is 22.7 Å². The van der Waals surface area contributed by atoms with Crippen molar-refractivity contribution in [2.75, 3.05) is 17.1 Å². The van der Waals surface area contributed by atoms with Crippen molar-refractivity contribution in [1.82, 2.24) is 14.8 Å². The lowest BCUT2D eigenvalue weighted by molar-refractivity contribution is 0.0323. The normalized spacial score (nSPS) is 14.5. The molecule has 0 fully saturated rings. The Morgan fingerprint density at radius 3 is 2.42 bits per heavy atom. The van der Waals surface area contributed by atoms with Gasteiger partial charge in [0, 0.05) is 24.1 Å². The van der Waals surface area contributed by atoms with Crippen LogP contribution in [0.15, 0.2) is 24.8 Å². The van der Waals surface area contributed by atoms with Crippen molar-refractivity contribution in [3.8, 4) is 0 Å². The molecule has 0 saturated carbocycles. The molecule has 0 aliphatic heterocycles. The Morgan fingerprint density at radius 1 is 1.29 bits per heavy atom. The van der Waals surface area contributed by atoms with E-state index < -0.39 is 38.5 Å². The third-order valence-electron chi connectivity index (χ3n) is 3.00. The number of nitrogens with zero attached hydrogens (tertiary/aromatic N) is 3. The number of aromatic nitrogens is 3. The molecule has 0 aliphatic carbocycles. The van der Waals surface area contributed by atoms with E-state index in [4.69, 9.17) is 0 Å². The van der Waals surface area contributed by atoms with Gasteiger partial charge in [0.2, 0.25) is 0 Å². The van der Waals surface area contributed by atoms with Crippen LogP contribution in [-0.4, -0.2) is 45.4 Å². The summed E-state index contributed by atoms with van der Waals surface area (Å²) in [6.45, 7) is -0.386. The van der Waals surface area contributed by atoms with Crippen LogP contribution >= 0.6 is 11.8 Å². The highest BCUT2D eigenvalue weighted by atomic mass is 32.3. The summed E-state index contributed by atoms with van der Waals surface area (Å²) in [5.74, 6) is -4.01. The Kier molecular flexibility index (Phi) is 5.56. The van der Waals surface area contributed by atoms with Gasteiger partial charge in [-0.2, -0.15) is 5.10 Å². The maximum absolute atomic E-state index is 14.1. The second-order valence-corrected chi connectivity index (χ2v) is 8.75. The number of halogens is 3. The number of hydrogen-bond donors (Lipinski definition) is 1. The van der Waals surface area contributed by atoms with E-state index in [1.165, 1.54) is 12.7 Å². The van der Waals surface area contributed by atoms with E-state index >= 15 is 0 Å². The van der Waals surface area contributed by atoms with Gasteiger partial charge in [-0.15, -0.1) is 11.8 Å². The summed E-state index contributed by atoms with van der Waals surface area (Å²) < 4.78 is 64.9. The van der Waals surface area contributed by atoms with Crippen molar-refractivity contribution in [3.63, 3.8) is 0 Å². The molecule has 11 heteroatoms. The molecule has 0 aliphatic rings. The lowest BCUT2D eigenvalue weighted by atomic mass is 9.94. The summed E-state index contributed by atoms with van der Waals surface area (Å²) in [5.41, 5.74) is -2.90. The van der Waals surface area contributed by atoms with Crippen molar-refractivity contribution in [2.24, 2.45) is 0 Å². The zero-order chi connectivity index (χ0) is 18.0. The van der Waals surface area contributed by atoms with Crippen LogP contribution in [0.3, 0.4) is 0 Å². The number of sulfone groups is 1. The van der Waals surface area contributed by atoms with Gasteiger partial charge in [-0.1, -0.05) is 0 Å². The first-order valence-corrected chi connectivity index (χ1v) is 9.77. The summed E-state index contributed by atoms with van der Waals surface area (Å²) in [7, 11) is -3.35. The minimum Gasteiger partial charge on any atom is -0.382 e. The monoisotopic (exact) mass is 381 g/mol. The minimum atomic E-state index is -3.35. The summed E-state index contributed by atoms with van der Waals surface area (Å²) >= 11 is 0.779. The number of benzene rings is 1. The Balaban J connectivity index is 2.38. The molecule has 1 unspecified atom stereocenters. The summed E-state index contributed by atoms with van der Waals surface area (Å²) in [4.78, 5) is 3.67. The van der Waals surface area contributed by atoms with Gasteiger partial charge in [0.15, 0.2) is 9.84 Å². The minimum absolute atomic E-state index is 0.348. The van der Waals surface area contributed by atoms with Crippen LogP contribution in [0.25, 0.3) is 0 Å². The summed E-state index contributed by atoms with van der Waals surface area (Å²) in [6, 6.07) is 0.901. The zero-order valence-electron chi connectivity index (χ0n) is 12.5. The van der Waals surface area contributed by atoms with Gasteiger partial charge in [-0.05, 0) is 0 Å². The molecule has 2 aromatic rings. The van der Waals surface area contributed by atoms with Crippen molar-refractivity contribution < 1.29 is 26.7 Å². The second-order valence-electron chi connectivity index (χ2n) is 5.26. The van der Waals surface area contributed by atoms with E-state index in [1.54, 1.807) is 0 Å². The van der Waals surface area contributed by atoms with E-state index in [2.05, 4.69) is 10.1 Å². The summed E-state index contributed by atoms with van der Waals surface area (Å²) in [6.07, 6.45) is 3.39. The second kappa shape index (κ2) is 7.11. The fraction of sp³-hybridized carbons (Fsp3) is 0.385. The van der Waals surface area contributed by atoms with Crippen molar-refractivity contribution in [2.45, 2.75) is 12.1 Å². The van der Waals surface area contributed by atoms with E-state index in [-0.39, 0.29) is 17.4 Å². The average molecular weight is 381 g/mol. The first-order valence-electron chi connectivity index (χ1n) is 6.56. The predicted octanol–water partition coefficient (Wildman–Crippen LogP) is 1.32. The van der Waals surface area contributed by atoms with E-state index in [0.29, 0.717) is 12.1 Å². The molecule has 1 atom stereocenters. The molecule has 0 bridgehead atoms.